The van der Waals surface area contributed by atoms with Gasteiger partial charge in [-0.15, -0.1) is 0 Å². The smallest absolute Gasteiger partial charge is 0.359 e. The van der Waals surface area contributed by atoms with E-state index in [4.69, 9.17) is 9.47 Å². The lowest BCUT2D eigenvalue weighted by Gasteiger charge is -2.43. The molecule has 0 saturated carbocycles. The van der Waals surface area contributed by atoms with Crippen LogP contribution in [0.1, 0.15) is 39.0 Å². The quantitative estimate of drug-likeness (QED) is 0.541. The van der Waals surface area contributed by atoms with E-state index in [2.05, 4.69) is 10.3 Å². The summed E-state index contributed by atoms with van der Waals surface area (Å²) in [6, 6.07) is 16.8. The number of rotatable bonds is 7. The fraction of sp³-hybridized carbons (Fsp3) is 0.280. The van der Waals surface area contributed by atoms with E-state index in [-0.39, 0.29) is 30.4 Å². The molecular weight excluding hydrogens is 436 g/mol. The summed E-state index contributed by atoms with van der Waals surface area (Å²) in [7, 11) is 2.80. The molecule has 2 aromatic carbocycles. The predicted molar refractivity (Wildman–Crippen MR) is 123 cm³/mol. The van der Waals surface area contributed by atoms with Crippen molar-refractivity contribution in [3.05, 3.63) is 83.4 Å². The molecule has 0 fully saturated rings. The van der Waals surface area contributed by atoms with Crippen LogP contribution < -0.4 is 10.1 Å². The molecule has 0 aliphatic carbocycles. The zero-order valence-corrected chi connectivity index (χ0v) is 19.3. The number of nitrogens with zero attached hydrogens (tertiary/aromatic N) is 3. The highest BCUT2D eigenvalue weighted by Crippen LogP contribution is 2.31. The largest absolute Gasteiger partial charge is 0.497 e. The molecule has 176 valence electrons. The number of aromatic nitrogens is 2. The van der Waals surface area contributed by atoms with Crippen molar-refractivity contribution < 1.29 is 23.9 Å². The number of fused-ring (bicyclic) bond motifs is 1. The van der Waals surface area contributed by atoms with Gasteiger partial charge in [-0.05, 0) is 30.2 Å². The first kappa shape index (κ1) is 23.0. The number of hydrogen-bond donors (Lipinski definition) is 1. The molecule has 2 heterocycles. The van der Waals surface area contributed by atoms with E-state index in [1.165, 1.54) is 18.3 Å². The van der Waals surface area contributed by atoms with E-state index in [0.717, 1.165) is 11.1 Å². The van der Waals surface area contributed by atoms with Crippen LogP contribution in [0.4, 0.5) is 0 Å². The first-order valence-corrected chi connectivity index (χ1v) is 10.8. The van der Waals surface area contributed by atoms with E-state index in [1.807, 2.05) is 48.5 Å². The fourth-order valence-corrected chi connectivity index (χ4v) is 4.10. The number of carbonyl (C=O) groups is 3. The number of amides is 2. The number of carbonyl (C=O) groups excluding carboxylic acids is 3. The maximum atomic E-state index is 13.7. The number of ether oxygens (including phenoxy) is 2. The average Bonchev–Trinajstić information content (AvgIpc) is 3.29. The standard InChI is InChI=1S/C25H26N4O5/c1-25(24(32)26-13-17-8-5-4-6-9-17)15-28-16-27-20(23(31)34-3)21(28)22(30)29(25)14-18-10-7-11-19(12-18)33-2/h4-12,16H,13-15H2,1-3H3,(H,26,32)/t25-/m0/s1. The molecule has 0 unspecified atom stereocenters. The molecular formula is C25H26N4O5. The zero-order chi connectivity index (χ0) is 24.3. The van der Waals surface area contributed by atoms with Gasteiger partial charge in [0.2, 0.25) is 5.91 Å². The van der Waals surface area contributed by atoms with Crippen molar-refractivity contribution in [3.63, 3.8) is 0 Å². The molecule has 2 amide bonds. The van der Waals surface area contributed by atoms with Crippen LogP contribution in [0, 0.1) is 0 Å². The minimum absolute atomic E-state index is 0.0742. The Kier molecular flexibility index (Phi) is 6.36. The van der Waals surface area contributed by atoms with Crippen molar-refractivity contribution in [1.82, 2.24) is 19.8 Å². The monoisotopic (exact) mass is 462 g/mol. The number of imidazole rings is 1. The summed E-state index contributed by atoms with van der Waals surface area (Å²) in [6.07, 6.45) is 1.39. The highest BCUT2D eigenvalue weighted by atomic mass is 16.5. The van der Waals surface area contributed by atoms with E-state index < -0.39 is 17.4 Å². The third kappa shape index (κ3) is 4.24. The molecule has 34 heavy (non-hydrogen) atoms. The molecule has 0 radical (unpaired) electrons. The summed E-state index contributed by atoms with van der Waals surface area (Å²) in [5, 5.41) is 2.96. The molecule has 1 aromatic heterocycles. The summed E-state index contributed by atoms with van der Waals surface area (Å²) in [4.78, 5) is 45.0. The second kappa shape index (κ2) is 9.38. The maximum absolute atomic E-state index is 13.7. The lowest BCUT2D eigenvalue weighted by atomic mass is 9.93. The van der Waals surface area contributed by atoms with Gasteiger partial charge in [0.25, 0.3) is 5.91 Å². The van der Waals surface area contributed by atoms with E-state index in [9.17, 15) is 14.4 Å². The van der Waals surface area contributed by atoms with Gasteiger partial charge in [-0.3, -0.25) is 9.59 Å². The average molecular weight is 463 g/mol. The van der Waals surface area contributed by atoms with Crippen LogP contribution in [0.25, 0.3) is 0 Å². The normalized spacial score (nSPS) is 17.1. The fourth-order valence-electron chi connectivity index (χ4n) is 4.10. The molecule has 0 saturated heterocycles. The second-order valence-corrected chi connectivity index (χ2v) is 8.25. The Bertz CT molecular complexity index is 1220. The first-order chi connectivity index (χ1) is 16.4. The van der Waals surface area contributed by atoms with Crippen molar-refractivity contribution in [3.8, 4) is 5.75 Å². The third-order valence-electron chi connectivity index (χ3n) is 6.00. The lowest BCUT2D eigenvalue weighted by Crippen LogP contribution is -2.63. The Hall–Kier alpha value is -4.14. The molecule has 1 atom stereocenters. The maximum Gasteiger partial charge on any atom is 0.359 e. The molecule has 9 heteroatoms. The number of hydrogen-bond acceptors (Lipinski definition) is 6. The van der Waals surface area contributed by atoms with Crippen LogP contribution in [0.2, 0.25) is 0 Å². The van der Waals surface area contributed by atoms with Crippen LogP contribution in [0.3, 0.4) is 0 Å². The van der Waals surface area contributed by atoms with Crippen LogP contribution in [0.15, 0.2) is 60.9 Å². The van der Waals surface area contributed by atoms with Crippen molar-refractivity contribution in [2.24, 2.45) is 0 Å². The Balaban J connectivity index is 1.71. The summed E-state index contributed by atoms with van der Waals surface area (Å²) in [6.45, 7) is 2.30. The van der Waals surface area contributed by atoms with E-state index >= 15 is 0 Å². The van der Waals surface area contributed by atoms with Gasteiger partial charge in [0.1, 0.15) is 17.0 Å². The van der Waals surface area contributed by atoms with Crippen LogP contribution in [-0.2, 0) is 29.2 Å². The Morgan fingerprint density at radius 2 is 1.82 bits per heavy atom. The van der Waals surface area contributed by atoms with Crippen LogP contribution in [-0.4, -0.2) is 52.0 Å². The number of nitrogens with one attached hydrogen (secondary N) is 1. The zero-order valence-electron chi connectivity index (χ0n) is 19.3. The molecule has 1 aliphatic heterocycles. The third-order valence-corrected chi connectivity index (χ3v) is 6.00. The van der Waals surface area contributed by atoms with E-state index in [1.54, 1.807) is 24.7 Å². The molecule has 3 aromatic rings. The lowest BCUT2D eigenvalue weighted by molar-refractivity contribution is -0.133. The van der Waals surface area contributed by atoms with Crippen molar-refractivity contribution >= 4 is 17.8 Å². The predicted octanol–water partition coefficient (Wildman–Crippen LogP) is 2.41. The summed E-state index contributed by atoms with van der Waals surface area (Å²) >= 11 is 0. The Morgan fingerprint density at radius 3 is 2.53 bits per heavy atom. The van der Waals surface area contributed by atoms with Gasteiger partial charge in [-0.2, -0.15) is 0 Å². The minimum atomic E-state index is -1.24. The van der Waals surface area contributed by atoms with Crippen LogP contribution >= 0.6 is 0 Å². The highest BCUT2D eigenvalue weighted by Gasteiger charge is 2.48. The Labute approximate surface area is 197 Å². The molecule has 4 rings (SSSR count). The summed E-state index contributed by atoms with van der Waals surface area (Å²) in [5.74, 6) is -0.867. The van der Waals surface area contributed by atoms with Gasteiger partial charge >= 0.3 is 5.97 Å². The van der Waals surface area contributed by atoms with E-state index in [0.29, 0.717) is 12.3 Å². The first-order valence-electron chi connectivity index (χ1n) is 10.8. The van der Waals surface area contributed by atoms with Gasteiger partial charge in [0.05, 0.1) is 27.1 Å². The van der Waals surface area contributed by atoms with Crippen molar-refractivity contribution in [2.45, 2.75) is 32.1 Å². The topological polar surface area (TPSA) is 103 Å². The number of benzene rings is 2. The molecule has 0 bridgehead atoms. The highest BCUT2D eigenvalue weighted by molar-refractivity contribution is 6.06. The van der Waals surface area contributed by atoms with Crippen molar-refractivity contribution in [2.75, 3.05) is 14.2 Å². The molecule has 0 spiro atoms. The van der Waals surface area contributed by atoms with Gasteiger partial charge in [0.15, 0.2) is 5.69 Å². The van der Waals surface area contributed by atoms with Gasteiger partial charge in [-0.1, -0.05) is 42.5 Å². The van der Waals surface area contributed by atoms with Gasteiger partial charge in [-0.25, -0.2) is 9.78 Å². The van der Waals surface area contributed by atoms with Gasteiger partial charge in [0, 0.05) is 13.1 Å². The molecule has 1 N–H and O–H groups in total. The minimum Gasteiger partial charge on any atom is -0.497 e. The Morgan fingerprint density at radius 1 is 1.09 bits per heavy atom. The SMILES string of the molecule is COC(=O)c1ncn2c1C(=O)N(Cc1cccc(OC)c1)[C@](C)(C(=O)NCc1ccccc1)C2. The number of esters is 1. The second-order valence-electron chi connectivity index (χ2n) is 8.25. The van der Waals surface area contributed by atoms with Gasteiger partial charge < -0.3 is 24.3 Å². The summed E-state index contributed by atoms with van der Waals surface area (Å²) in [5.41, 5.74) is 0.508. The van der Waals surface area contributed by atoms with Crippen molar-refractivity contribution in [1.29, 1.82) is 0 Å². The molecule has 1 aliphatic rings. The van der Waals surface area contributed by atoms with Crippen LogP contribution in [0.5, 0.6) is 5.75 Å². The summed E-state index contributed by atoms with van der Waals surface area (Å²) < 4.78 is 11.6. The number of methoxy groups -OCH3 is 2. The molecule has 9 nitrogen and oxygen atoms in total.